The molecule has 3 rings (SSSR count). The smallest absolute Gasteiger partial charge is 0.191 e. The van der Waals surface area contributed by atoms with Crippen LogP contribution in [0.15, 0.2) is 35.3 Å². The molecule has 2 unspecified atom stereocenters. The van der Waals surface area contributed by atoms with Gasteiger partial charge < -0.3 is 20.1 Å². The van der Waals surface area contributed by atoms with Crippen LogP contribution in [0.4, 0.5) is 0 Å². The van der Waals surface area contributed by atoms with E-state index in [1.165, 1.54) is 31.5 Å². The number of hydrogen-bond donors (Lipinski definition) is 2. The highest BCUT2D eigenvalue weighted by atomic mass is 16.5. The molecule has 0 radical (unpaired) electrons. The SMILES string of the molecule is CCNC(=NCC(c1ccccc1)N1CCCC1)NCCCOCC1CCOC1. The van der Waals surface area contributed by atoms with Crippen LogP contribution in [-0.2, 0) is 9.47 Å². The minimum atomic E-state index is 0.353. The van der Waals surface area contributed by atoms with Crippen molar-refractivity contribution in [1.82, 2.24) is 15.5 Å². The van der Waals surface area contributed by atoms with Gasteiger partial charge in [-0.3, -0.25) is 9.89 Å². The van der Waals surface area contributed by atoms with Crippen LogP contribution in [0.5, 0.6) is 0 Å². The van der Waals surface area contributed by atoms with Crippen molar-refractivity contribution in [3.05, 3.63) is 35.9 Å². The molecule has 29 heavy (non-hydrogen) atoms. The van der Waals surface area contributed by atoms with Crippen molar-refractivity contribution in [3.8, 4) is 0 Å². The van der Waals surface area contributed by atoms with E-state index in [0.717, 1.165) is 64.9 Å². The summed E-state index contributed by atoms with van der Waals surface area (Å²) in [5, 5.41) is 6.84. The Kier molecular flexibility index (Phi) is 9.76. The molecule has 2 aliphatic rings. The first-order valence-corrected chi connectivity index (χ1v) is 11.3. The van der Waals surface area contributed by atoms with Crippen molar-refractivity contribution in [2.45, 2.75) is 38.6 Å². The number of hydrogen-bond acceptors (Lipinski definition) is 4. The van der Waals surface area contributed by atoms with Gasteiger partial charge in [-0.15, -0.1) is 0 Å². The maximum absolute atomic E-state index is 5.80. The molecule has 0 aromatic heterocycles. The summed E-state index contributed by atoms with van der Waals surface area (Å²) in [6, 6.07) is 11.1. The van der Waals surface area contributed by atoms with Gasteiger partial charge in [0, 0.05) is 32.2 Å². The molecule has 2 N–H and O–H groups in total. The molecule has 0 bridgehead atoms. The molecule has 2 heterocycles. The average molecular weight is 403 g/mol. The van der Waals surface area contributed by atoms with E-state index in [2.05, 4.69) is 52.8 Å². The van der Waals surface area contributed by atoms with E-state index in [1.54, 1.807) is 0 Å². The Morgan fingerprint density at radius 1 is 1.24 bits per heavy atom. The third kappa shape index (κ3) is 7.61. The molecule has 2 atom stereocenters. The van der Waals surface area contributed by atoms with Crippen LogP contribution < -0.4 is 10.6 Å². The van der Waals surface area contributed by atoms with Gasteiger partial charge in [-0.05, 0) is 51.3 Å². The number of nitrogens with zero attached hydrogens (tertiary/aromatic N) is 2. The lowest BCUT2D eigenvalue weighted by molar-refractivity contribution is 0.0888. The normalized spacial score (nSPS) is 21.4. The number of nitrogens with one attached hydrogen (secondary N) is 2. The highest BCUT2D eigenvalue weighted by Gasteiger charge is 2.23. The van der Waals surface area contributed by atoms with Gasteiger partial charge in [0.1, 0.15) is 0 Å². The topological polar surface area (TPSA) is 58.1 Å². The minimum absolute atomic E-state index is 0.353. The largest absolute Gasteiger partial charge is 0.381 e. The van der Waals surface area contributed by atoms with Crippen molar-refractivity contribution >= 4 is 5.96 Å². The van der Waals surface area contributed by atoms with Gasteiger partial charge in [0.2, 0.25) is 0 Å². The predicted molar refractivity (Wildman–Crippen MR) is 118 cm³/mol. The summed E-state index contributed by atoms with van der Waals surface area (Å²) in [5.74, 6) is 1.49. The van der Waals surface area contributed by atoms with Crippen molar-refractivity contribution in [1.29, 1.82) is 0 Å². The first-order chi connectivity index (χ1) is 14.4. The summed E-state index contributed by atoms with van der Waals surface area (Å²) in [6.07, 6.45) is 4.69. The quantitative estimate of drug-likeness (QED) is 0.339. The summed E-state index contributed by atoms with van der Waals surface area (Å²) in [5.41, 5.74) is 1.36. The van der Waals surface area contributed by atoms with Gasteiger partial charge in [-0.2, -0.15) is 0 Å². The van der Waals surface area contributed by atoms with Gasteiger partial charge in [0.25, 0.3) is 0 Å². The van der Waals surface area contributed by atoms with E-state index < -0.39 is 0 Å². The summed E-state index contributed by atoms with van der Waals surface area (Å²) >= 11 is 0. The monoisotopic (exact) mass is 402 g/mol. The van der Waals surface area contributed by atoms with E-state index in [9.17, 15) is 0 Å². The molecule has 2 aliphatic heterocycles. The molecule has 2 saturated heterocycles. The lowest BCUT2D eigenvalue weighted by Crippen LogP contribution is -2.39. The third-order valence-electron chi connectivity index (χ3n) is 5.67. The van der Waals surface area contributed by atoms with Gasteiger partial charge in [0.15, 0.2) is 5.96 Å². The molecular formula is C23H38N4O2. The Morgan fingerprint density at radius 2 is 2.07 bits per heavy atom. The lowest BCUT2D eigenvalue weighted by Gasteiger charge is -2.27. The minimum Gasteiger partial charge on any atom is -0.381 e. The van der Waals surface area contributed by atoms with E-state index in [-0.39, 0.29) is 0 Å². The number of likely N-dealkylation sites (tertiary alicyclic amines) is 1. The van der Waals surface area contributed by atoms with Crippen molar-refractivity contribution < 1.29 is 9.47 Å². The van der Waals surface area contributed by atoms with Crippen LogP contribution in [0.3, 0.4) is 0 Å². The molecule has 6 nitrogen and oxygen atoms in total. The number of aliphatic imine (C=N–C) groups is 1. The van der Waals surface area contributed by atoms with Gasteiger partial charge in [0.05, 0.1) is 25.8 Å². The standard InChI is InChI=1S/C23H38N4O2/c1-2-24-23(25-12-8-15-28-18-20-11-16-29-19-20)26-17-22(27-13-6-7-14-27)21-9-4-3-5-10-21/h3-5,9-10,20,22H,2,6-8,11-19H2,1H3,(H2,24,25,26). The van der Waals surface area contributed by atoms with E-state index in [1.807, 2.05) is 0 Å². The fraction of sp³-hybridized carbons (Fsp3) is 0.696. The van der Waals surface area contributed by atoms with Gasteiger partial charge >= 0.3 is 0 Å². The van der Waals surface area contributed by atoms with Crippen LogP contribution in [0.2, 0.25) is 0 Å². The maximum atomic E-state index is 5.80. The van der Waals surface area contributed by atoms with Crippen LogP contribution in [0.25, 0.3) is 0 Å². The third-order valence-corrected chi connectivity index (χ3v) is 5.67. The van der Waals surface area contributed by atoms with Crippen LogP contribution in [0.1, 0.15) is 44.2 Å². The Hall–Kier alpha value is -1.63. The lowest BCUT2D eigenvalue weighted by atomic mass is 10.1. The Bertz CT molecular complexity index is 584. The van der Waals surface area contributed by atoms with Crippen LogP contribution in [0, 0.1) is 5.92 Å². The Balaban J connectivity index is 1.44. The Morgan fingerprint density at radius 3 is 2.79 bits per heavy atom. The fourth-order valence-electron chi connectivity index (χ4n) is 4.03. The van der Waals surface area contributed by atoms with Crippen LogP contribution >= 0.6 is 0 Å². The number of rotatable bonds is 11. The number of ether oxygens (including phenoxy) is 2. The second kappa shape index (κ2) is 12.8. The molecule has 0 saturated carbocycles. The molecule has 6 heteroatoms. The summed E-state index contributed by atoms with van der Waals surface area (Å²) in [4.78, 5) is 7.48. The summed E-state index contributed by atoms with van der Waals surface area (Å²) in [6.45, 7) is 10.3. The molecule has 1 aromatic rings. The first-order valence-electron chi connectivity index (χ1n) is 11.3. The van der Waals surface area contributed by atoms with E-state index in [4.69, 9.17) is 14.5 Å². The molecule has 162 valence electrons. The van der Waals surface area contributed by atoms with E-state index in [0.29, 0.717) is 12.0 Å². The molecule has 2 fully saturated rings. The second-order valence-electron chi connectivity index (χ2n) is 7.97. The van der Waals surface area contributed by atoms with Crippen molar-refractivity contribution in [2.24, 2.45) is 10.9 Å². The molecule has 0 aliphatic carbocycles. The predicted octanol–water partition coefficient (Wildman–Crippen LogP) is 2.82. The zero-order valence-corrected chi connectivity index (χ0v) is 17.9. The number of guanidine groups is 1. The fourth-order valence-corrected chi connectivity index (χ4v) is 4.03. The maximum Gasteiger partial charge on any atom is 0.191 e. The average Bonchev–Trinajstić information content (AvgIpc) is 3.46. The highest BCUT2D eigenvalue weighted by Crippen LogP contribution is 2.25. The van der Waals surface area contributed by atoms with E-state index >= 15 is 0 Å². The molecular weight excluding hydrogens is 364 g/mol. The highest BCUT2D eigenvalue weighted by molar-refractivity contribution is 5.79. The molecule has 0 spiro atoms. The summed E-state index contributed by atoms with van der Waals surface area (Å²) in [7, 11) is 0. The van der Waals surface area contributed by atoms with Gasteiger partial charge in [-0.1, -0.05) is 30.3 Å². The zero-order valence-electron chi connectivity index (χ0n) is 17.9. The van der Waals surface area contributed by atoms with Gasteiger partial charge in [-0.25, -0.2) is 0 Å². The summed E-state index contributed by atoms with van der Waals surface area (Å²) < 4.78 is 11.2. The van der Waals surface area contributed by atoms with Crippen LogP contribution in [-0.4, -0.2) is 70.0 Å². The molecule has 0 amide bonds. The zero-order chi connectivity index (χ0) is 20.2. The first kappa shape index (κ1) is 22.1. The van der Waals surface area contributed by atoms with Crippen molar-refractivity contribution in [3.63, 3.8) is 0 Å². The molecule has 1 aromatic carbocycles. The van der Waals surface area contributed by atoms with Crippen molar-refractivity contribution in [2.75, 3.05) is 59.2 Å². The Labute approximate surface area is 176 Å². The number of benzene rings is 1. The second-order valence-corrected chi connectivity index (χ2v) is 7.97.